The van der Waals surface area contributed by atoms with Crippen LogP contribution in [0.2, 0.25) is 0 Å². The van der Waals surface area contributed by atoms with Gasteiger partial charge in [0.1, 0.15) is 5.82 Å². The Balaban J connectivity index is 3.25. The number of anilines is 1. The van der Waals surface area contributed by atoms with Gasteiger partial charge in [-0.3, -0.25) is 0 Å². The van der Waals surface area contributed by atoms with Gasteiger partial charge in [-0.15, -0.1) is 0 Å². The van der Waals surface area contributed by atoms with Gasteiger partial charge in [-0.1, -0.05) is 0 Å². The second-order valence-electron chi connectivity index (χ2n) is 2.81. The van der Waals surface area contributed by atoms with E-state index in [-0.39, 0.29) is 0 Å². The molecule has 1 rings (SSSR count). The van der Waals surface area contributed by atoms with Crippen molar-refractivity contribution in [3.8, 4) is 6.07 Å². The predicted molar refractivity (Wildman–Crippen MR) is 48.0 cm³/mol. The van der Waals surface area contributed by atoms with Gasteiger partial charge in [0.2, 0.25) is 0 Å². The summed E-state index contributed by atoms with van der Waals surface area (Å²) in [6.07, 6.45) is 1.65. The van der Waals surface area contributed by atoms with E-state index in [1.807, 2.05) is 25.9 Å². The largest absolute Gasteiger partial charge is 0.362 e. The van der Waals surface area contributed by atoms with E-state index in [1.54, 1.807) is 12.3 Å². The predicted octanol–water partition coefficient (Wildman–Crippen LogP) is 1.33. The molecule has 12 heavy (non-hydrogen) atoms. The van der Waals surface area contributed by atoms with Crippen LogP contribution in [0.3, 0.4) is 0 Å². The Morgan fingerprint density at radius 2 is 2.17 bits per heavy atom. The van der Waals surface area contributed by atoms with E-state index < -0.39 is 0 Å². The molecule has 0 radical (unpaired) electrons. The number of hydrogen-bond acceptors (Lipinski definition) is 3. The quantitative estimate of drug-likeness (QED) is 0.623. The first-order valence-electron chi connectivity index (χ1n) is 3.70. The van der Waals surface area contributed by atoms with Crippen molar-refractivity contribution < 1.29 is 0 Å². The summed E-state index contributed by atoms with van der Waals surface area (Å²) in [5, 5.41) is 8.73. The average molecular weight is 161 g/mol. The third kappa shape index (κ3) is 1.37. The molecule has 1 aromatic rings. The molecule has 1 aromatic heterocycles. The van der Waals surface area contributed by atoms with E-state index in [9.17, 15) is 0 Å². The Morgan fingerprint density at radius 1 is 1.50 bits per heavy atom. The molecule has 0 unspecified atom stereocenters. The number of nitriles is 1. The van der Waals surface area contributed by atoms with Gasteiger partial charge in [0.15, 0.2) is 0 Å². The van der Waals surface area contributed by atoms with Gasteiger partial charge in [0, 0.05) is 25.9 Å². The van der Waals surface area contributed by atoms with Crippen LogP contribution in [-0.4, -0.2) is 19.1 Å². The molecule has 3 heteroatoms. The van der Waals surface area contributed by atoms with Gasteiger partial charge in [-0.25, -0.2) is 4.98 Å². The average Bonchev–Trinajstić information content (AvgIpc) is 2.04. The summed E-state index contributed by atoms with van der Waals surface area (Å²) in [5.74, 6) is 0.856. The summed E-state index contributed by atoms with van der Waals surface area (Å²) in [7, 11) is 3.83. The third-order valence-corrected chi connectivity index (χ3v) is 1.72. The molecule has 0 amide bonds. The van der Waals surface area contributed by atoms with Crippen LogP contribution in [-0.2, 0) is 0 Å². The summed E-state index contributed by atoms with van der Waals surface area (Å²) >= 11 is 0. The lowest BCUT2D eigenvalue weighted by molar-refractivity contribution is 1.04. The van der Waals surface area contributed by atoms with Gasteiger partial charge in [0.25, 0.3) is 0 Å². The van der Waals surface area contributed by atoms with Crippen LogP contribution in [0, 0.1) is 18.3 Å². The molecule has 62 valence electrons. The molecule has 0 aliphatic rings. The van der Waals surface area contributed by atoms with Gasteiger partial charge in [-0.2, -0.15) is 5.26 Å². The van der Waals surface area contributed by atoms with Crippen molar-refractivity contribution in [3.05, 3.63) is 23.4 Å². The summed E-state index contributed by atoms with van der Waals surface area (Å²) in [4.78, 5) is 6.06. The first-order valence-corrected chi connectivity index (χ1v) is 3.70. The highest BCUT2D eigenvalue weighted by molar-refractivity contribution is 5.52. The van der Waals surface area contributed by atoms with Crippen molar-refractivity contribution in [1.29, 1.82) is 5.26 Å². The third-order valence-electron chi connectivity index (χ3n) is 1.72. The molecule has 1 heterocycles. The van der Waals surface area contributed by atoms with Gasteiger partial charge < -0.3 is 4.90 Å². The molecule has 0 N–H and O–H groups in total. The van der Waals surface area contributed by atoms with Crippen molar-refractivity contribution in [1.82, 2.24) is 4.98 Å². The van der Waals surface area contributed by atoms with Crippen LogP contribution in [0.5, 0.6) is 0 Å². The number of hydrogen-bond donors (Lipinski definition) is 0. The zero-order valence-electron chi connectivity index (χ0n) is 7.50. The maximum absolute atomic E-state index is 8.73. The van der Waals surface area contributed by atoms with Crippen molar-refractivity contribution in [2.75, 3.05) is 19.0 Å². The number of rotatable bonds is 1. The highest BCUT2D eigenvalue weighted by Crippen LogP contribution is 2.16. The molecule has 0 bridgehead atoms. The molecule has 0 fully saturated rings. The lowest BCUT2D eigenvalue weighted by Gasteiger charge is -2.13. The van der Waals surface area contributed by atoms with Crippen molar-refractivity contribution in [2.45, 2.75) is 6.92 Å². The first-order chi connectivity index (χ1) is 5.66. The lowest BCUT2D eigenvalue weighted by atomic mass is 10.1. The summed E-state index contributed by atoms with van der Waals surface area (Å²) in [6, 6.07) is 3.85. The van der Waals surface area contributed by atoms with E-state index >= 15 is 0 Å². The Morgan fingerprint density at radius 3 is 2.67 bits per heavy atom. The second kappa shape index (κ2) is 3.22. The van der Waals surface area contributed by atoms with Crippen LogP contribution in [0.1, 0.15) is 11.1 Å². The fourth-order valence-electron chi connectivity index (χ4n) is 1.10. The smallest absolute Gasteiger partial charge is 0.132 e. The number of aromatic nitrogens is 1. The minimum Gasteiger partial charge on any atom is -0.362 e. The highest BCUT2D eigenvalue weighted by atomic mass is 15.1. The number of pyridine rings is 1. The highest BCUT2D eigenvalue weighted by Gasteiger charge is 2.05. The second-order valence-corrected chi connectivity index (χ2v) is 2.81. The van der Waals surface area contributed by atoms with Crippen molar-refractivity contribution in [2.24, 2.45) is 0 Å². The van der Waals surface area contributed by atoms with Crippen LogP contribution in [0.4, 0.5) is 5.82 Å². The van der Waals surface area contributed by atoms with Crippen LogP contribution in [0.15, 0.2) is 12.3 Å². The first kappa shape index (κ1) is 8.54. The Bertz CT molecular complexity index is 323. The molecule has 0 aliphatic heterocycles. The monoisotopic (exact) mass is 161 g/mol. The number of nitrogens with zero attached hydrogens (tertiary/aromatic N) is 3. The topological polar surface area (TPSA) is 39.9 Å². The Kier molecular flexibility index (Phi) is 2.29. The van der Waals surface area contributed by atoms with E-state index in [1.165, 1.54) is 0 Å². The molecule has 0 aromatic carbocycles. The van der Waals surface area contributed by atoms with E-state index in [2.05, 4.69) is 11.1 Å². The lowest BCUT2D eigenvalue weighted by Crippen LogP contribution is -2.12. The Hall–Kier alpha value is -1.56. The van der Waals surface area contributed by atoms with E-state index in [0.29, 0.717) is 5.56 Å². The molecule has 0 saturated heterocycles. The molecular formula is C9H11N3. The minimum atomic E-state index is 0.689. The Labute approximate surface area is 72.3 Å². The van der Waals surface area contributed by atoms with E-state index in [4.69, 9.17) is 5.26 Å². The van der Waals surface area contributed by atoms with Gasteiger partial charge >= 0.3 is 0 Å². The molecular weight excluding hydrogens is 150 g/mol. The van der Waals surface area contributed by atoms with Gasteiger partial charge in [-0.05, 0) is 13.0 Å². The molecule has 3 nitrogen and oxygen atoms in total. The van der Waals surface area contributed by atoms with Crippen molar-refractivity contribution >= 4 is 5.82 Å². The van der Waals surface area contributed by atoms with Crippen LogP contribution < -0.4 is 4.90 Å². The summed E-state index contributed by atoms with van der Waals surface area (Å²) in [6.45, 7) is 1.90. The normalized spacial score (nSPS) is 9.17. The van der Waals surface area contributed by atoms with Crippen LogP contribution >= 0.6 is 0 Å². The van der Waals surface area contributed by atoms with E-state index in [0.717, 1.165) is 11.4 Å². The molecule has 0 saturated carbocycles. The molecule has 0 atom stereocenters. The van der Waals surface area contributed by atoms with Crippen LogP contribution in [0.25, 0.3) is 0 Å². The maximum atomic E-state index is 8.73. The fourth-order valence-corrected chi connectivity index (χ4v) is 1.10. The minimum absolute atomic E-state index is 0.689. The fraction of sp³-hybridized carbons (Fsp3) is 0.333. The molecule has 0 aliphatic carbocycles. The van der Waals surface area contributed by atoms with Crippen molar-refractivity contribution in [3.63, 3.8) is 0 Å². The SMILES string of the molecule is Cc1c(C#N)ccnc1N(C)C. The standard InChI is InChI=1S/C9H11N3/c1-7-8(6-10)4-5-11-9(7)12(2)3/h4-5H,1-3H3. The molecule has 0 spiro atoms. The zero-order chi connectivity index (χ0) is 9.14. The summed E-state index contributed by atoms with van der Waals surface area (Å²) < 4.78 is 0. The maximum Gasteiger partial charge on any atom is 0.132 e. The van der Waals surface area contributed by atoms with Gasteiger partial charge in [0.05, 0.1) is 11.6 Å². The zero-order valence-corrected chi connectivity index (χ0v) is 7.50. The summed E-state index contributed by atoms with van der Waals surface area (Å²) in [5.41, 5.74) is 1.62.